The van der Waals surface area contributed by atoms with Gasteiger partial charge in [0.15, 0.2) is 0 Å². The monoisotopic (exact) mass is 239 g/mol. The van der Waals surface area contributed by atoms with Crippen LogP contribution in [-0.2, 0) is 0 Å². The molecule has 1 unspecified atom stereocenters. The number of halogens is 3. The second-order valence-electron chi connectivity index (χ2n) is 3.82. The highest BCUT2D eigenvalue weighted by atomic mass is 19.2. The summed E-state index contributed by atoms with van der Waals surface area (Å²) in [6.45, 7) is 3.76. The van der Waals surface area contributed by atoms with Crippen LogP contribution < -0.4 is 10.4 Å². The molecule has 0 N–H and O–H groups in total. The van der Waals surface area contributed by atoms with Crippen LogP contribution >= 0.6 is 0 Å². The van der Waals surface area contributed by atoms with Crippen LogP contribution in [0.3, 0.4) is 0 Å². The van der Waals surface area contributed by atoms with Crippen molar-refractivity contribution in [2.75, 3.05) is 0 Å². The van der Waals surface area contributed by atoms with Crippen molar-refractivity contribution in [2.45, 2.75) is 26.9 Å². The van der Waals surface area contributed by atoms with Crippen LogP contribution in [-0.4, -0.2) is 6.17 Å². The van der Waals surface area contributed by atoms with Crippen molar-refractivity contribution in [3.05, 3.63) is 33.7 Å². The number of alkyl halides is 1. The standard InChI is InChI=1S/C13H12F3N/c1-7-4-10(6-17)5-11(12(7)8(2)14)13(16)9(3)15/h4-5,9H,1-3H3/b12-8+,13-11+. The van der Waals surface area contributed by atoms with Gasteiger partial charge < -0.3 is 0 Å². The van der Waals surface area contributed by atoms with E-state index in [1.807, 2.05) is 6.07 Å². The average Bonchev–Trinajstić information content (AvgIpc) is 2.25. The average molecular weight is 239 g/mol. The lowest BCUT2D eigenvalue weighted by Crippen LogP contribution is -2.32. The lowest BCUT2D eigenvalue weighted by atomic mass is 10.0. The molecule has 1 rings (SSSR count). The maximum absolute atomic E-state index is 13.6. The fourth-order valence-electron chi connectivity index (χ4n) is 1.71. The number of nitriles is 1. The van der Waals surface area contributed by atoms with Crippen molar-refractivity contribution < 1.29 is 13.2 Å². The molecular weight excluding hydrogens is 227 g/mol. The quantitative estimate of drug-likeness (QED) is 0.738. The zero-order chi connectivity index (χ0) is 13.2. The molecule has 17 heavy (non-hydrogen) atoms. The third-order valence-corrected chi connectivity index (χ3v) is 2.42. The molecule has 90 valence electrons. The highest BCUT2D eigenvalue weighted by molar-refractivity contribution is 5.49. The first-order valence-corrected chi connectivity index (χ1v) is 5.09. The van der Waals surface area contributed by atoms with E-state index in [4.69, 9.17) is 5.26 Å². The van der Waals surface area contributed by atoms with Gasteiger partial charge in [0.2, 0.25) is 0 Å². The molecule has 0 saturated carbocycles. The fourth-order valence-corrected chi connectivity index (χ4v) is 1.71. The number of hydrogen-bond acceptors (Lipinski definition) is 1. The molecule has 1 aromatic rings. The molecule has 0 saturated heterocycles. The number of hydrogen-bond donors (Lipinski definition) is 0. The summed E-state index contributed by atoms with van der Waals surface area (Å²) in [5, 5.41) is 8.60. The maximum Gasteiger partial charge on any atom is 0.149 e. The van der Waals surface area contributed by atoms with Gasteiger partial charge in [0.25, 0.3) is 0 Å². The molecule has 0 spiro atoms. The summed E-state index contributed by atoms with van der Waals surface area (Å²) in [7, 11) is 0. The summed E-state index contributed by atoms with van der Waals surface area (Å²) < 4.78 is 39.9. The van der Waals surface area contributed by atoms with Gasteiger partial charge >= 0.3 is 0 Å². The van der Waals surface area contributed by atoms with Crippen molar-refractivity contribution >= 4 is 11.7 Å². The number of rotatable bonds is 1. The predicted molar refractivity (Wildman–Crippen MR) is 60.4 cm³/mol. The minimum atomic E-state index is -1.83. The topological polar surface area (TPSA) is 23.8 Å². The Morgan fingerprint density at radius 3 is 2.35 bits per heavy atom. The molecule has 0 aliphatic heterocycles. The van der Waals surface area contributed by atoms with E-state index in [0.717, 1.165) is 13.0 Å². The molecule has 1 aromatic carbocycles. The first-order valence-electron chi connectivity index (χ1n) is 5.09. The van der Waals surface area contributed by atoms with Crippen LogP contribution in [0.15, 0.2) is 12.1 Å². The fraction of sp³-hybridized carbons (Fsp3) is 0.308. The van der Waals surface area contributed by atoms with Gasteiger partial charge in [0.1, 0.15) is 17.8 Å². The van der Waals surface area contributed by atoms with Crippen LogP contribution in [0.25, 0.3) is 11.7 Å². The molecule has 1 nitrogen and oxygen atoms in total. The number of benzene rings is 1. The Morgan fingerprint density at radius 1 is 1.35 bits per heavy atom. The molecule has 0 fully saturated rings. The van der Waals surface area contributed by atoms with E-state index in [-0.39, 0.29) is 16.0 Å². The summed E-state index contributed by atoms with van der Waals surface area (Å²) in [6, 6.07) is 4.44. The molecule has 0 amide bonds. The summed E-state index contributed by atoms with van der Waals surface area (Å²) in [5.74, 6) is -1.66. The van der Waals surface area contributed by atoms with E-state index >= 15 is 0 Å². The van der Waals surface area contributed by atoms with Gasteiger partial charge in [-0.3, -0.25) is 0 Å². The van der Waals surface area contributed by atoms with E-state index in [0.29, 0.717) is 5.56 Å². The Labute approximate surface area is 97.5 Å². The van der Waals surface area contributed by atoms with E-state index < -0.39 is 17.8 Å². The van der Waals surface area contributed by atoms with Gasteiger partial charge in [-0.05, 0) is 38.5 Å². The lowest BCUT2D eigenvalue weighted by molar-refractivity contribution is 0.401. The zero-order valence-electron chi connectivity index (χ0n) is 9.81. The summed E-state index contributed by atoms with van der Waals surface area (Å²) in [6.07, 6.45) is -1.83. The Hall–Kier alpha value is -1.76. The second kappa shape index (κ2) is 5.05. The van der Waals surface area contributed by atoms with Crippen LogP contribution in [0, 0.1) is 18.3 Å². The summed E-state index contributed by atoms with van der Waals surface area (Å²) in [5.41, 5.74) is 0.591. The van der Waals surface area contributed by atoms with Gasteiger partial charge in [0.05, 0.1) is 11.6 Å². The van der Waals surface area contributed by atoms with Crippen molar-refractivity contribution in [1.29, 1.82) is 5.26 Å². The largest absolute Gasteiger partial charge is 0.240 e. The van der Waals surface area contributed by atoms with Crippen LogP contribution in [0.1, 0.15) is 25.0 Å². The lowest BCUT2D eigenvalue weighted by Gasteiger charge is -2.03. The van der Waals surface area contributed by atoms with Crippen LogP contribution in [0.2, 0.25) is 0 Å². The normalized spacial score (nSPS) is 16.1. The summed E-state index contributed by atoms with van der Waals surface area (Å²) in [4.78, 5) is 0. The SMILES string of the molecule is C/C(F)=c1/c(C)cc(C#N)c/c1=C(\F)C(C)F. The maximum atomic E-state index is 13.6. The van der Waals surface area contributed by atoms with Gasteiger partial charge in [-0.2, -0.15) is 5.26 Å². The van der Waals surface area contributed by atoms with Gasteiger partial charge in [-0.1, -0.05) is 0 Å². The molecule has 0 radical (unpaired) electrons. The smallest absolute Gasteiger partial charge is 0.149 e. The summed E-state index contributed by atoms with van der Waals surface area (Å²) >= 11 is 0. The van der Waals surface area contributed by atoms with Crippen LogP contribution in [0.4, 0.5) is 13.2 Å². The molecule has 0 bridgehead atoms. The highest BCUT2D eigenvalue weighted by Gasteiger charge is 2.10. The van der Waals surface area contributed by atoms with Crippen molar-refractivity contribution in [1.82, 2.24) is 0 Å². The highest BCUT2D eigenvalue weighted by Crippen LogP contribution is 2.07. The number of nitrogens with zero attached hydrogens (tertiary/aromatic N) is 1. The van der Waals surface area contributed by atoms with Gasteiger partial charge in [0, 0.05) is 10.4 Å². The Morgan fingerprint density at radius 2 is 1.94 bits per heavy atom. The minimum Gasteiger partial charge on any atom is -0.240 e. The zero-order valence-corrected chi connectivity index (χ0v) is 9.81. The molecule has 0 heterocycles. The van der Waals surface area contributed by atoms with E-state index in [1.54, 1.807) is 6.92 Å². The number of aryl methyl sites for hydroxylation is 1. The molecule has 4 heteroatoms. The van der Waals surface area contributed by atoms with Crippen molar-refractivity contribution in [3.63, 3.8) is 0 Å². The Kier molecular flexibility index (Phi) is 3.95. The first-order chi connectivity index (χ1) is 7.88. The van der Waals surface area contributed by atoms with Gasteiger partial charge in [-0.15, -0.1) is 0 Å². The van der Waals surface area contributed by atoms with E-state index in [2.05, 4.69) is 0 Å². The Balaban J connectivity index is 3.96. The molecule has 0 aliphatic carbocycles. The van der Waals surface area contributed by atoms with Crippen molar-refractivity contribution in [2.24, 2.45) is 0 Å². The van der Waals surface area contributed by atoms with Crippen LogP contribution in [0.5, 0.6) is 0 Å². The third kappa shape index (κ3) is 2.68. The Bertz CT molecular complexity index is 590. The molecule has 1 atom stereocenters. The molecular formula is C13H12F3N. The second-order valence-corrected chi connectivity index (χ2v) is 3.82. The van der Waals surface area contributed by atoms with E-state index in [1.165, 1.54) is 13.0 Å². The molecule has 0 aliphatic rings. The van der Waals surface area contributed by atoms with E-state index in [9.17, 15) is 13.2 Å². The minimum absolute atomic E-state index is 0.0194. The third-order valence-electron chi connectivity index (χ3n) is 2.42. The van der Waals surface area contributed by atoms with Crippen molar-refractivity contribution in [3.8, 4) is 6.07 Å². The molecule has 0 aromatic heterocycles. The first kappa shape index (κ1) is 13.3. The van der Waals surface area contributed by atoms with Gasteiger partial charge in [-0.25, -0.2) is 13.2 Å². The predicted octanol–water partition coefficient (Wildman–Crippen LogP) is 2.40.